The van der Waals surface area contributed by atoms with Crippen molar-refractivity contribution in [3.05, 3.63) is 35.4 Å². The molecule has 0 saturated carbocycles. The number of amides is 3. The van der Waals surface area contributed by atoms with Crippen LogP contribution in [-0.2, 0) is 4.79 Å². The monoisotopic (exact) mass is 320 g/mol. The molecule has 0 aromatic heterocycles. The Bertz CT molecular complexity index is 601. The number of nitrogens with zero attached hydrogens (tertiary/aromatic N) is 1. The number of hydrazine groups is 1. The second-order valence-corrected chi connectivity index (χ2v) is 6.29. The molecule has 2 atom stereocenters. The topological polar surface area (TPSA) is 90.5 Å². The molecule has 2 aliphatic heterocycles. The number of nitrogens with one attached hydrogen (secondary N) is 3. The van der Waals surface area contributed by atoms with Crippen LogP contribution >= 0.6 is 11.8 Å². The normalized spacial score (nSPS) is 24.4. The highest BCUT2D eigenvalue weighted by Crippen LogP contribution is 2.22. The lowest BCUT2D eigenvalue weighted by Gasteiger charge is -2.29. The van der Waals surface area contributed by atoms with Crippen LogP contribution in [0, 0.1) is 0 Å². The molecule has 7 nitrogen and oxygen atoms in total. The van der Waals surface area contributed by atoms with Gasteiger partial charge in [0.25, 0.3) is 11.8 Å². The average Bonchev–Trinajstić information content (AvgIpc) is 2.76. The van der Waals surface area contributed by atoms with Crippen molar-refractivity contribution in [3.63, 3.8) is 0 Å². The number of carbonyl (C=O) groups is 3. The van der Waals surface area contributed by atoms with Crippen LogP contribution in [0.1, 0.15) is 27.6 Å². The van der Waals surface area contributed by atoms with Crippen molar-refractivity contribution in [2.45, 2.75) is 18.5 Å². The van der Waals surface area contributed by atoms with Gasteiger partial charge in [0.2, 0.25) is 5.91 Å². The van der Waals surface area contributed by atoms with Gasteiger partial charge in [0, 0.05) is 12.3 Å². The number of carbonyl (C=O) groups excluding carboxylic acids is 3. The van der Waals surface area contributed by atoms with E-state index in [-0.39, 0.29) is 29.3 Å². The highest BCUT2D eigenvalue weighted by Gasteiger charge is 2.34. The Morgan fingerprint density at radius 2 is 1.73 bits per heavy atom. The molecule has 1 aromatic carbocycles. The summed E-state index contributed by atoms with van der Waals surface area (Å²) in [5.74, 6) is -0.0707. The van der Waals surface area contributed by atoms with Crippen molar-refractivity contribution in [2.75, 3.05) is 12.3 Å². The summed E-state index contributed by atoms with van der Waals surface area (Å²) in [6.07, 6.45) is 0. The third-order valence-electron chi connectivity index (χ3n) is 3.58. The lowest BCUT2D eigenvalue weighted by molar-refractivity contribution is -0.125. The summed E-state index contributed by atoms with van der Waals surface area (Å²) < 4.78 is 0. The van der Waals surface area contributed by atoms with Crippen LogP contribution in [0.3, 0.4) is 0 Å². The van der Waals surface area contributed by atoms with Gasteiger partial charge in [-0.1, -0.05) is 12.1 Å². The van der Waals surface area contributed by atoms with Crippen molar-refractivity contribution in [3.8, 4) is 0 Å². The van der Waals surface area contributed by atoms with E-state index in [0.29, 0.717) is 23.4 Å². The predicted molar refractivity (Wildman–Crippen MR) is 81.9 cm³/mol. The van der Waals surface area contributed by atoms with E-state index in [4.69, 9.17) is 0 Å². The number of imide groups is 1. The molecule has 22 heavy (non-hydrogen) atoms. The Hall–Kier alpha value is -1.90. The molecule has 0 radical (unpaired) electrons. The summed E-state index contributed by atoms with van der Waals surface area (Å²) in [4.78, 5) is 37.1. The predicted octanol–water partition coefficient (Wildman–Crippen LogP) is -0.0881. The quantitative estimate of drug-likeness (QED) is 0.672. The summed E-state index contributed by atoms with van der Waals surface area (Å²) in [6, 6.07) is 6.54. The Kier molecular flexibility index (Phi) is 4.14. The standard InChI is InChI=1S/C14H16N4O3S/c1-8-11(19)15-14(17-16-8)22-7-6-18-12(20)9-4-2-3-5-10(9)13(18)21/h2-5,8,14,16-17H,6-7H2,1H3,(H,15,19). The average molecular weight is 320 g/mol. The van der Waals surface area contributed by atoms with Gasteiger partial charge in [-0.05, 0) is 19.1 Å². The van der Waals surface area contributed by atoms with Crippen LogP contribution in [0.15, 0.2) is 24.3 Å². The van der Waals surface area contributed by atoms with Crippen molar-refractivity contribution in [2.24, 2.45) is 0 Å². The SMILES string of the molecule is CC1NNC(SCCN2C(=O)c3ccccc3C2=O)NC1=O. The summed E-state index contributed by atoms with van der Waals surface area (Å²) >= 11 is 1.42. The van der Waals surface area contributed by atoms with Crippen molar-refractivity contribution in [1.82, 2.24) is 21.1 Å². The van der Waals surface area contributed by atoms with Gasteiger partial charge in [-0.15, -0.1) is 11.8 Å². The Labute approximate surface area is 131 Å². The first-order chi connectivity index (χ1) is 10.6. The van der Waals surface area contributed by atoms with Gasteiger partial charge >= 0.3 is 0 Å². The minimum absolute atomic E-state index is 0.0861. The van der Waals surface area contributed by atoms with E-state index in [1.54, 1.807) is 31.2 Å². The molecular formula is C14H16N4O3S. The van der Waals surface area contributed by atoms with Crippen LogP contribution in [0.5, 0.6) is 0 Å². The minimum Gasteiger partial charge on any atom is -0.329 e. The third kappa shape index (κ3) is 2.72. The van der Waals surface area contributed by atoms with Crippen molar-refractivity contribution >= 4 is 29.5 Å². The summed E-state index contributed by atoms with van der Waals surface area (Å²) in [5, 5.41) is 2.79. The largest absolute Gasteiger partial charge is 0.329 e. The molecular weight excluding hydrogens is 304 g/mol. The van der Waals surface area contributed by atoms with E-state index < -0.39 is 0 Å². The molecule has 2 aliphatic rings. The lowest BCUT2D eigenvalue weighted by atomic mass is 10.1. The highest BCUT2D eigenvalue weighted by molar-refractivity contribution is 7.99. The van der Waals surface area contributed by atoms with Gasteiger partial charge < -0.3 is 5.32 Å². The Morgan fingerprint density at radius 3 is 2.32 bits per heavy atom. The van der Waals surface area contributed by atoms with E-state index >= 15 is 0 Å². The molecule has 2 unspecified atom stereocenters. The number of rotatable bonds is 4. The number of hydrogen-bond acceptors (Lipinski definition) is 6. The van der Waals surface area contributed by atoms with Crippen molar-refractivity contribution < 1.29 is 14.4 Å². The fourth-order valence-corrected chi connectivity index (χ4v) is 3.22. The molecule has 1 saturated heterocycles. The fourth-order valence-electron chi connectivity index (χ4n) is 2.34. The second-order valence-electron chi connectivity index (χ2n) is 5.08. The van der Waals surface area contributed by atoms with E-state index in [2.05, 4.69) is 16.2 Å². The van der Waals surface area contributed by atoms with Gasteiger partial charge in [0.05, 0.1) is 17.2 Å². The number of benzene rings is 1. The number of thioether (sulfide) groups is 1. The molecule has 8 heteroatoms. The smallest absolute Gasteiger partial charge is 0.261 e. The zero-order valence-electron chi connectivity index (χ0n) is 12.0. The maximum atomic E-state index is 12.2. The summed E-state index contributed by atoms with van der Waals surface area (Å²) in [7, 11) is 0. The zero-order valence-corrected chi connectivity index (χ0v) is 12.8. The van der Waals surface area contributed by atoms with E-state index in [1.807, 2.05) is 0 Å². The van der Waals surface area contributed by atoms with Gasteiger partial charge in [-0.2, -0.15) is 0 Å². The molecule has 0 aliphatic carbocycles. The van der Waals surface area contributed by atoms with Crippen LogP contribution in [-0.4, -0.2) is 46.5 Å². The molecule has 2 heterocycles. The van der Waals surface area contributed by atoms with E-state index in [9.17, 15) is 14.4 Å². The fraction of sp³-hybridized carbons (Fsp3) is 0.357. The highest BCUT2D eigenvalue weighted by atomic mass is 32.2. The molecule has 0 bridgehead atoms. The first-order valence-corrected chi connectivity index (χ1v) is 8.01. The molecule has 3 rings (SSSR count). The maximum Gasteiger partial charge on any atom is 0.261 e. The molecule has 1 aromatic rings. The van der Waals surface area contributed by atoms with Gasteiger partial charge in [0.15, 0.2) is 0 Å². The third-order valence-corrected chi connectivity index (χ3v) is 4.56. The summed E-state index contributed by atoms with van der Waals surface area (Å²) in [5.41, 5.74) is 6.45. The van der Waals surface area contributed by atoms with Crippen LogP contribution < -0.4 is 16.2 Å². The van der Waals surface area contributed by atoms with E-state index in [1.165, 1.54) is 16.7 Å². The zero-order chi connectivity index (χ0) is 15.7. The number of hydrogen-bond donors (Lipinski definition) is 3. The molecule has 3 N–H and O–H groups in total. The molecule has 0 spiro atoms. The van der Waals surface area contributed by atoms with E-state index in [0.717, 1.165) is 0 Å². The van der Waals surface area contributed by atoms with Gasteiger partial charge in [-0.3, -0.25) is 19.3 Å². The lowest BCUT2D eigenvalue weighted by Crippen LogP contribution is -2.63. The van der Waals surface area contributed by atoms with Crippen molar-refractivity contribution in [1.29, 1.82) is 0 Å². The van der Waals surface area contributed by atoms with Crippen LogP contribution in [0.4, 0.5) is 0 Å². The van der Waals surface area contributed by atoms with Gasteiger partial charge in [-0.25, -0.2) is 10.9 Å². The van der Waals surface area contributed by atoms with Crippen LogP contribution in [0.25, 0.3) is 0 Å². The molecule has 116 valence electrons. The molecule has 3 amide bonds. The van der Waals surface area contributed by atoms with Gasteiger partial charge in [0.1, 0.15) is 5.50 Å². The summed E-state index contributed by atoms with van der Waals surface area (Å²) in [6.45, 7) is 2.06. The Morgan fingerprint density at radius 1 is 1.09 bits per heavy atom. The van der Waals surface area contributed by atoms with Crippen LogP contribution in [0.2, 0.25) is 0 Å². The first-order valence-electron chi connectivity index (χ1n) is 6.96. The first kappa shape index (κ1) is 15.0. The Balaban J connectivity index is 1.54. The minimum atomic E-state index is -0.284. The molecule has 1 fully saturated rings. The number of fused-ring (bicyclic) bond motifs is 1. The maximum absolute atomic E-state index is 12.2. The second kappa shape index (κ2) is 6.07.